The Labute approximate surface area is 157 Å². The van der Waals surface area contributed by atoms with Gasteiger partial charge in [0.2, 0.25) is 10.0 Å². The SMILES string of the molecule is Cc1ccc(S(=O)(=O)NC2CC2)cc1C(=O)N[C@@H](C(=O)O)c1ccccc1. The van der Waals surface area contributed by atoms with E-state index in [1.165, 1.54) is 18.2 Å². The van der Waals surface area contributed by atoms with Crippen molar-refractivity contribution in [1.82, 2.24) is 10.0 Å². The molecule has 27 heavy (non-hydrogen) atoms. The van der Waals surface area contributed by atoms with Crippen LogP contribution in [0.2, 0.25) is 0 Å². The van der Waals surface area contributed by atoms with Crippen molar-refractivity contribution in [3.8, 4) is 0 Å². The van der Waals surface area contributed by atoms with E-state index in [2.05, 4.69) is 10.0 Å². The molecular formula is C19H20N2O5S. The van der Waals surface area contributed by atoms with Gasteiger partial charge in [0, 0.05) is 11.6 Å². The van der Waals surface area contributed by atoms with E-state index in [9.17, 15) is 23.1 Å². The molecule has 1 amide bonds. The molecule has 3 N–H and O–H groups in total. The van der Waals surface area contributed by atoms with E-state index in [1.54, 1.807) is 37.3 Å². The summed E-state index contributed by atoms with van der Waals surface area (Å²) < 4.78 is 27.3. The molecule has 3 rings (SSSR count). The molecule has 142 valence electrons. The van der Waals surface area contributed by atoms with Gasteiger partial charge in [-0.05, 0) is 43.0 Å². The number of carbonyl (C=O) groups is 2. The number of rotatable bonds is 7. The Bertz CT molecular complexity index is 969. The zero-order chi connectivity index (χ0) is 19.6. The highest BCUT2D eigenvalue weighted by molar-refractivity contribution is 7.89. The van der Waals surface area contributed by atoms with Crippen molar-refractivity contribution < 1.29 is 23.1 Å². The summed E-state index contributed by atoms with van der Waals surface area (Å²) in [5.74, 6) is -1.85. The second-order valence-corrected chi connectivity index (χ2v) is 8.24. The molecule has 2 aromatic carbocycles. The number of carboxylic acid groups (broad SMARTS) is 1. The second kappa shape index (κ2) is 7.50. The fourth-order valence-corrected chi connectivity index (χ4v) is 3.97. The van der Waals surface area contributed by atoms with E-state index < -0.39 is 27.9 Å². The average Bonchev–Trinajstić information content (AvgIpc) is 3.43. The Balaban J connectivity index is 1.87. The first kappa shape index (κ1) is 19.1. The van der Waals surface area contributed by atoms with Crippen LogP contribution in [0.1, 0.15) is 40.4 Å². The van der Waals surface area contributed by atoms with Crippen LogP contribution in [0.25, 0.3) is 0 Å². The number of hydrogen-bond donors (Lipinski definition) is 3. The number of amides is 1. The highest BCUT2D eigenvalue weighted by Crippen LogP contribution is 2.23. The quantitative estimate of drug-likeness (QED) is 0.671. The molecule has 1 fully saturated rings. The van der Waals surface area contributed by atoms with Gasteiger partial charge in [-0.3, -0.25) is 4.79 Å². The molecule has 0 unspecified atom stereocenters. The van der Waals surface area contributed by atoms with Crippen LogP contribution in [0.3, 0.4) is 0 Å². The van der Waals surface area contributed by atoms with Crippen LogP contribution < -0.4 is 10.0 Å². The Morgan fingerprint density at radius 1 is 1.11 bits per heavy atom. The summed E-state index contributed by atoms with van der Waals surface area (Å²) in [5, 5.41) is 11.9. The summed E-state index contributed by atoms with van der Waals surface area (Å²) in [6, 6.07) is 11.3. The monoisotopic (exact) mass is 388 g/mol. The molecule has 0 aromatic heterocycles. The molecule has 1 atom stereocenters. The lowest BCUT2D eigenvalue weighted by molar-refractivity contribution is -0.139. The van der Waals surface area contributed by atoms with Crippen molar-refractivity contribution in [2.75, 3.05) is 0 Å². The fourth-order valence-electron chi connectivity index (χ4n) is 2.64. The average molecular weight is 388 g/mol. The number of nitrogens with one attached hydrogen (secondary N) is 2. The first-order valence-corrected chi connectivity index (χ1v) is 9.98. The van der Waals surface area contributed by atoms with Crippen molar-refractivity contribution in [2.24, 2.45) is 0 Å². The maximum Gasteiger partial charge on any atom is 0.330 e. The van der Waals surface area contributed by atoms with Gasteiger partial charge in [-0.1, -0.05) is 36.4 Å². The van der Waals surface area contributed by atoms with E-state index in [1.807, 2.05) is 0 Å². The molecule has 1 aliphatic rings. The summed E-state index contributed by atoms with van der Waals surface area (Å²) in [7, 11) is -3.71. The van der Waals surface area contributed by atoms with Crippen LogP contribution in [-0.2, 0) is 14.8 Å². The normalized spacial score (nSPS) is 15.1. The van der Waals surface area contributed by atoms with Gasteiger partial charge in [0.15, 0.2) is 6.04 Å². The second-order valence-electron chi connectivity index (χ2n) is 6.53. The summed E-state index contributed by atoms with van der Waals surface area (Å²) in [5.41, 5.74) is 1.10. The van der Waals surface area contributed by atoms with Crippen molar-refractivity contribution in [1.29, 1.82) is 0 Å². The minimum absolute atomic E-state index is 0.0169. The van der Waals surface area contributed by atoms with Gasteiger partial charge in [-0.15, -0.1) is 0 Å². The number of aliphatic carboxylic acids is 1. The summed E-state index contributed by atoms with van der Waals surface area (Å²) in [6.45, 7) is 1.66. The highest BCUT2D eigenvalue weighted by Gasteiger charge is 2.29. The first-order valence-electron chi connectivity index (χ1n) is 8.49. The lowest BCUT2D eigenvalue weighted by atomic mass is 10.0. The van der Waals surface area contributed by atoms with Crippen LogP contribution in [-0.4, -0.2) is 31.4 Å². The topological polar surface area (TPSA) is 113 Å². The van der Waals surface area contributed by atoms with E-state index in [0.717, 1.165) is 12.8 Å². The molecule has 0 heterocycles. The van der Waals surface area contributed by atoms with Gasteiger partial charge in [0.25, 0.3) is 5.91 Å². The zero-order valence-electron chi connectivity index (χ0n) is 14.7. The lowest BCUT2D eigenvalue weighted by Gasteiger charge is -2.16. The molecule has 0 radical (unpaired) electrons. The van der Waals surface area contributed by atoms with Gasteiger partial charge in [-0.2, -0.15) is 0 Å². The van der Waals surface area contributed by atoms with Crippen molar-refractivity contribution in [3.63, 3.8) is 0 Å². The molecule has 0 aliphatic heterocycles. The molecule has 7 nitrogen and oxygen atoms in total. The minimum Gasteiger partial charge on any atom is -0.479 e. The van der Waals surface area contributed by atoms with E-state index in [0.29, 0.717) is 11.1 Å². The van der Waals surface area contributed by atoms with Crippen LogP contribution in [0, 0.1) is 6.92 Å². The third kappa shape index (κ3) is 4.53. The molecule has 1 saturated carbocycles. The van der Waals surface area contributed by atoms with Crippen LogP contribution in [0.4, 0.5) is 0 Å². The highest BCUT2D eigenvalue weighted by atomic mass is 32.2. The van der Waals surface area contributed by atoms with Gasteiger partial charge < -0.3 is 10.4 Å². The Morgan fingerprint density at radius 2 is 1.78 bits per heavy atom. The van der Waals surface area contributed by atoms with Crippen molar-refractivity contribution >= 4 is 21.9 Å². The standard InChI is InChI=1S/C19H20N2O5S/c1-12-7-10-15(27(25,26)21-14-8-9-14)11-16(12)18(22)20-17(19(23)24)13-5-3-2-4-6-13/h2-7,10-11,14,17,21H,8-9H2,1H3,(H,20,22)(H,23,24)/t17-/m1/s1. The van der Waals surface area contributed by atoms with Crippen molar-refractivity contribution in [2.45, 2.75) is 36.7 Å². The number of sulfonamides is 1. The Hall–Kier alpha value is -2.71. The summed E-state index contributed by atoms with van der Waals surface area (Å²) >= 11 is 0. The maximum absolute atomic E-state index is 12.7. The molecule has 2 aromatic rings. The molecule has 8 heteroatoms. The number of hydrogen-bond acceptors (Lipinski definition) is 4. The number of aryl methyl sites for hydroxylation is 1. The molecule has 0 bridgehead atoms. The number of benzene rings is 2. The van der Waals surface area contributed by atoms with E-state index in [4.69, 9.17) is 0 Å². The molecule has 1 aliphatic carbocycles. The molecule has 0 spiro atoms. The predicted octanol–water partition coefficient (Wildman–Crippen LogP) is 1.99. The molecular weight excluding hydrogens is 368 g/mol. The Kier molecular flexibility index (Phi) is 5.29. The van der Waals surface area contributed by atoms with Gasteiger partial charge in [0.05, 0.1) is 4.90 Å². The summed E-state index contributed by atoms with van der Waals surface area (Å²) in [6.07, 6.45) is 1.60. The third-order valence-corrected chi connectivity index (χ3v) is 5.84. The smallest absolute Gasteiger partial charge is 0.330 e. The van der Waals surface area contributed by atoms with E-state index >= 15 is 0 Å². The largest absolute Gasteiger partial charge is 0.479 e. The maximum atomic E-state index is 12.7. The van der Waals surface area contributed by atoms with Gasteiger partial charge >= 0.3 is 5.97 Å². The Morgan fingerprint density at radius 3 is 2.37 bits per heavy atom. The summed E-state index contributed by atoms with van der Waals surface area (Å²) in [4.78, 5) is 24.2. The number of carboxylic acids is 1. The first-order chi connectivity index (χ1) is 12.8. The van der Waals surface area contributed by atoms with Crippen LogP contribution >= 0.6 is 0 Å². The predicted molar refractivity (Wildman–Crippen MR) is 98.8 cm³/mol. The zero-order valence-corrected chi connectivity index (χ0v) is 15.5. The van der Waals surface area contributed by atoms with Crippen LogP contribution in [0.5, 0.6) is 0 Å². The van der Waals surface area contributed by atoms with Crippen LogP contribution in [0.15, 0.2) is 53.4 Å². The van der Waals surface area contributed by atoms with E-state index in [-0.39, 0.29) is 16.5 Å². The molecule has 0 saturated heterocycles. The van der Waals surface area contributed by atoms with Gasteiger partial charge in [-0.25, -0.2) is 17.9 Å². The number of carbonyl (C=O) groups excluding carboxylic acids is 1. The lowest BCUT2D eigenvalue weighted by Crippen LogP contribution is -2.34. The third-order valence-electron chi connectivity index (χ3n) is 4.32. The minimum atomic E-state index is -3.71. The fraction of sp³-hybridized carbons (Fsp3) is 0.263. The van der Waals surface area contributed by atoms with Crippen molar-refractivity contribution in [3.05, 3.63) is 65.2 Å². The van der Waals surface area contributed by atoms with Gasteiger partial charge in [0.1, 0.15) is 0 Å².